The van der Waals surface area contributed by atoms with E-state index in [2.05, 4.69) is 21.3 Å². The number of nitrogens with zero attached hydrogens (tertiary/aromatic N) is 4. The number of nitrogens with one attached hydrogen (secondary N) is 4. The summed E-state index contributed by atoms with van der Waals surface area (Å²) in [5.74, 6) is 0. The van der Waals surface area contributed by atoms with Gasteiger partial charge in [-0.15, -0.1) is 0 Å². The SMILES string of the molecule is CC1=CC(=Nc2cc(C)c(N(CCCCCCCCCN(C(=O)OC(C)(C)C)c3ccc(N=C4C=C(C)C(NC(=O)OC(C)(C)C)=CC4)c(Nc4ccccc4)c3C)C(=O)OC(C)(C)C)cc2Nc2ccccc2)CC=C1NC(=O)OC(C)(C)C. The average molecular weight is 1160 g/mol. The third kappa shape index (κ3) is 21.5. The minimum atomic E-state index is -0.714. The van der Waals surface area contributed by atoms with Gasteiger partial charge in [0, 0.05) is 60.1 Å². The van der Waals surface area contributed by atoms with Crippen LogP contribution in [0.15, 0.2) is 142 Å². The molecule has 16 nitrogen and oxygen atoms in total. The van der Waals surface area contributed by atoms with Crippen molar-refractivity contribution < 1.29 is 38.1 Å². The molecule has 0 spiro atoms. The first-order chi connectivity index (χ1) is 39.9. The molecule has 4 N–H and O–H groups in total. The van der Waals surface area contributed by atoms with Crippen molar-refractivity contribution >= 4 is 81.3 Å². The Morgan fingerprint density at radius 2 is 0.894 bits per heavy atom. The molecular formula is C69H92N8O8. The Bertz CT molecular complexity index is 3080. The van der Waals surface area contributed by atoms with Crippen LogP contribution in [0.5, 0.6) is 0 Å². The number of amides is 4. The van der Waals surface area contributed by atoms with Crippen LogP contribution in [-0.2, 0) is 18.9 Å². The number of carbonyl (C=O) groups excluding carboxylic acids is 4. The minimum absolute atomic E-state index is 0.421. The zero-order chi connectivity index (χ0) is 62.3. The standard InChI is InChI=1S/C69H92N8O8/c1-46-42-52(34-36-54(46)74-62(78)82-66(5,6)7)71-56-38-39-59(49(4)61(56)73-51-32-26-23-27-33-51)76(64(80)84-68(11,12)13)40-28-20-18-17-19-21-29-41-77(65(81)85-69(14,15)16)60-45-58(70-50-30-24-22-25-31-50)57(44-48(60)3)72-53-35-37-55(47(2)43-53)75-63(79)83-67(8,9)10/h22-27,30-33,36-39,42-45,70,73H,17-21,28-29,34-35,40-41H2,1-16H3,(H,74,78)(H,75,79). The number of aliphatic imine (C=N–C) groups is 2. The van der Waals surface area contributed by atoms with Crippen molar-refractivity contribution in [3.63, 3.8) is 0 Å². The lowest BCUT2D eigenvalue weighted by Crippen LogP contribution is -2.38. The monoisotopic (exact) mass is 1160 g/mol. The van der Waals surface area contributed by atoms with E-state index in [0.717, 1.165) is 113 Å². The summed E-state index contributed by atoms with van der Waals surface area (Å²) in [6, 6.07) is 27.6. The fourth-order valence-corrected chi connectivity index (χ4v) is 9.52. The minimum Gasteiger partial charge on any atom is -0.444 e. The predicted molar refractivity (Wildman–Crippen MR) is 347 cm³/mol. The third-order valence-corrected chi connectivity index (χ3v) is 13.3. The summed E-state index contributed by atoms with van der Waals surface area (Å²) in [6.45, 7) is 31.0. The van der Waals surface area contributed by atoms with E-state index in [4.69, 9.17) is 28.9 Å². The maximum absolute atomic E-state index is 14.2. The van der Waals surface area contributed by atoms with Crippen LogP contribution in [0.3, 0.4) is 0 Å². The molecule has 4 aromatic rings. The smallest absolute Gasteiger partial charge is 0.414 e. The van der Waals surface area contributed by atoms with E-state index >= 15 is 0 Å². The number of hydrogen-bond acceptors (Lipinski definition) is 12. The topological polar surface area (TPSA) is 185 Å². The predicted octanol–water partition coefficient (Wildman–Crippen LogP) is 18.4. The molecule has 0 atom stereocenters. The summed E-state index contributed by atoms with van der Waals surface area (Å²) in [6.07, 6.45) is 13.2. The number of aryl methyl sites for hydroxylation is 1. The van der Waals surface area contributed by atoms with Gasteiger partial charge in [-0.3, -0.25) is 30.4 Å². The molecule has 0 fully saturated rings. The summed E-state index contributed by atoms with van der Waals surface area (Å²) in [4.78, 5) is 67.3. The van der Waals surface area contributed by atoms with Crippen molar-refractivity contribution in [2.24, 2.45) is 9.98 Å². The number of hydrogen-bond donors (Lipinski definition) is 4. The van der Waals surface area contributed by atoms with Crippen molar-refractivity contribution in [1.82, 2.24) is 10.6 Å². The van der Waals surface area contributed by atoms with Crippen LogP contribution in [0, 0.1) is 13.8 Å². The molecular weight excluding hydrogens is 1070 g/mol. The van der Waals surface area contributed by atoms with Crippen molar-refractivity contribution in [2.45, 2.75) is 191 Å². The zero-order valence-corrected chi connectivity index (χ0v) is 53.2. The first-order valence-corrected chi connectivity index (χ1v) is 29.8. The van der Waals surface area contributed by atoms with E-state index in [1.54, 1.807) is 9.80 Å². The second-order valence-electron chi connectivity index (χ2n) is 25.7. The van der Waals surface area contributed by atoms with E-state index in [1.165, 1.54) is 0 Å². The molecule has 85 heavy (non-hydrogen) atoms. The Morgan fingerprint density at radius 1 is 0.482 bits per heavy atom. The molecule has 4 aromatic carbocycles. The van der Waals surface area contributed by atoms with E-state index < -0.39 is 46.8 Å². The molecule has 2 aliphatic carbocycles. The Balaban J connectivity index is 1.14. The Morgan fingerprint density at radius 3 is 1.33 bits per heavy atom. The van der Waals surface area contributed by atoms with Gasteiger partial charge in [0.25, 0.3) is 0 Å². The molecule has 0 heterocycles. The summed E-state index contributed by atoms with van der Waals surface area (Å²) >= 11 is 0. The Kier molecular flexibility index (Phi) is 22.6. The lowest BCUT2D eigenvalue weighted by Gasteiger charge is -2.29. The molecule has 0 saturated heterocycles. The van der Waals surface area contributed by atoms with E-state index in [1.807, 2.05) is 220 Å². The lowest BCUT2D eigenvalue weighted by molar-refractivity contribution is 0.0535. The van der Waals surface area contributed by atoms with Gasteiger partial charge in [-0.25, -0.2) is 19.2 Å². The van der Waals surface area contributed by atoms with Crippen LogP contribution in [0.25, 0.3) is 0 Å². The molecule has 6 rings (SSSR count). The third-order valence-electron chi connectivity index (χ3n) is 13.3. The number of para-hydroxylation sites is 2. The van der Waals surface area contributed by atoms with Gasteiger partial charge in [0.1, 0.15) is 22.4 Å². The first-order valence-electron chi connectivity index (χ1n) is 29.8. The van der Waals surface area contributed by atoms with Gasteiger partial charge in [-0.05, 0) is 207 Å². The number of benzene rings is 4. The van der Waals surface area contributed by atoms with Gasteiger partial charge in [0.2, 0.25) is 0 Å². The van der Waals surface area contributed by atoms with E-state index in [0.29, 0.717) is 48.7 Å². The van der Waals surface area contributed by atoms with Crippen molar-refractivity contribution in [3.05, 3.63) is 143 Å². The lowest BCUT2D eigenvalue weighted by atomic mass is 10.0. The zero-order valence-electron chi connectivity index (χ0n) is 53.2. The number of unbranched alkanes of at least 4 members (excludes halogenated alkanes) is 6. The largest absolute Gasteiger partial charge is 0.444 e. The number of alkyl carbamates (subject to hydrolysis) is 2. The second kappa shape index (κ2) is 29.1. The van der Waals surface area contributed by atoms with Crippen LogP contribution in [0.1, 0.15) is 166 Å². The maximum atomic E-state index is 14.2. The molecule has 0 aliphatic heterocycles. The summed E-state index contributed by atoms with van der Waals surface area (Å²) in [5.41, 5.74) is 9.82. The van der Waals surface area contributed by atoms with Crippen molar-refractivity contribution in [1.29, 1.82) is 0 Å². The highest BCUT2D eigenvalue weighted by atomic mass is 16.6. The highest BCUT2D eigenvalue weighted by Gasteiger charge is 2.29. The summed E-state index contributed by atoms with van der Waals surface area (Å²) < 4.78 is 23.1. The maximum Gasteiger partial charge on any atom is 0.414 e. The molecule has 0 saturated carbocycles. The van der Waals surface area contributed by atoms with Crippen molar-refractivity contribution in [3.8, 4) is 0 Å². The highest BCUT2D eigenvalue weighted by Crippen LogP contribution is 2.40. The van der Waals surface area contributed by atoms with Crippen LogP contribution in [-0.4, -0.2) is 71.3 Å². The van der Waals surface area contributed by atoms with Crippen LogP contribution in [0.2, 0.25) is 0 Å². The molecule has 456 valence electrons. The average Bonchev–Trinajstić information content (AvgIpc) is 1.80. The highest BCUT2D eigenvalue weighted by molar-refractivity contribution is 6.03. The van der Waals surface area contributed by atoms with Gasteiger partial charge in [0.05, 0.1) is 34.1 Å². The van der Waals surface area contributed by atoms with Gasteiger partial charge < -0.3 is 29.6 Å². The molecule has 0 aromatic heterocycles. The van der Waals surface area contributed by atoms with Gasteiger partial charge in [-0.1, -0.05) is 80.7 Å². The van der Waals surface area contributed by atoms with Gasteiger partial charge in [-0.2, -0.15) is 0 Å². The number of ether oxygens (including phenoxy) is 4. The van der Waals surface area contributed by atoms with Crippen LogP contribution >= 0.6 is 0 Å². The number of allylic oxidation sites excluding steroid dienone is 6. The number of anilines is 6. The van der Waals surface area contributed by atoms with E-state index in [9.17, 15) is 19.2 Å². The fraction of sp³-hybridized carbons (Fsp3) is 0.449. The van der Waals surface area contributed by atoms with Crippen LogP contribution < -0.4 is 31.1 Å². The van der Waals surface area contributed by atoms with E-state index in [-0.39, 0.29) is 0 Å². The molecule has 0 radical (unpaired) electrons. The molecule has 0 bridgehead atoms. The van der Waals surface area contributed by atoms with Crippen LogP contribution in [0.4, 0.5) is 64.7 Å². The molecule has 0 unspecified atom stereocenters. The summed E-state index contributed by atoms with van der Waals surface area (Å²) in [5, 5.41) is 12.9. The molecule has 16 heteroatoms. The van der Waals surface area contributed by atoms with Gasteiger partial charge >= 0.3 is 24.4 Å². The fourth-order valence-electron chi connectivity index (χ4n) is 9.52. The Labute approximate surface area is 505 Å². The molecule has 4 amide bonds. The number of rotatable bonds is 20. The second-order valence-corrected chi connectivity index (χ2v) is 25.7. The Hall–Kier alpha value is -8.14. The number of carbonyl (C=O) groups is 4. The molecule has 2 aliphatic rings. The summed E-state index contributed by atoms with van der Waals surface area (Å²) in [7, 11) is 0. The van der Waals surface area contributed by atoms with Crippen molar-refractivity contribution in [2.75, 3.05) is 33.5 Å². The normalized spacial score (nSPS) is 14.7. The first kappa shape index (κ1) is 66.0. The van der Waals surface area contributed by atoms with Gasteiger partial charge in [0.15, 0.2) is 0 Å². The quantitative estimate of drug-likeness (QED) is 0.0490.